The topological polar surface area (TPSA) is 67.4 Å². The largest absolute Gasteiger partial charge is 0.360 e. The second kappa shape index (κ2) is 8.61. The third-order valence-corrected chi connectivity index (χ3v) is 5.40. The second-order valence-corrected chi connectivity index (χ2v) is 7.50. The van der Waals surface area contributed by atoms with Crippen LogP contribution in [0.2, 0.25) is 0 Å². The van der Waals surface area contributed by atoms with Crippen LogP contribution >= 0.6 is 0 Å². The molecule has 4 rings (SSSR count). The molecule has 0 unspecified atom stereocenters. The summed E-state index contributed by atoms with van der Waals surface area (Å²) >= 11 is 0. The van der Waals surface area contributed by atoms with Gasteiger partial charge in [-0.25, -0.2) is 0 Å². The molecule has 29 heavy (non-hydrogen) atoms. The number of rotatable bonds is 6. The van der Waals surface area contributed by atoms with Gasteiger partial charge in [-0.15, -0.1) is 0 Å². The molecule has 1 fully saturated rings. The maximum absolute atomic E-state index is 13.1. The van der Waals surface area contributed by atoms with Gasteiger partial charge in [0, 0.05) is 32.2 Å². The summed E-state index contributed by atoms with van der Waals surface area (Å²) in [5, 5.41) is 8.45. The quantitative estimate of drug-likeness (QED) is 0.644. The minimum atomic E-state index is 0.0799. The van der Waals surface area contributed by atoms with E-state index in [1.165, 1.54) is 5.56 Å². The van der Waals surface area contributed by atoms with Crippen LogP contribution in [0.25, 0.3) is 0 Å². The number of aryl methyl sites for hydroxylation is 1. The zero-order valence-corrected chi connectivity index (χ0v) is 17.0. The molecule has 1 aromatic carbocycles. The summed E-state index contributed by atoms with van der Waals surface area (Å²) in [4.78, 5) is 17.4. The van der Waals surface area contributed by atoms with Crippen molar-refractivity contribution in [2.24, 2.45) is 0 Å². The van der Waals surface area contributed by atoms with Crippen molar-refractivity contribution in [2.75, 3.05) is 26.2 Å². The number of carbonyl (C=O) groups excluding carboxylic acids is 1. The predicted molar refractivity (Wildman–Crippen MR) is 110 cm³/mol. The highest BCUT2D eigenvalue weighted by Crippen LogP contribution is 2.17. The highest BCUT2D eigenvalue weighted by atomic mass is 16.5. The van der Waals surface area contributed by atoms with Gasteiger partial charge in [-0.05, 0) is 18.9 Å². The SMILES string of the molecule is CCc1c(C(=O)N2CCN(Cc3cc(C)no3)CC2)cnn1Cc1ccccc1. The first-order valence-corrected chi connectivity index (χ1v) is 10.2. The lowest BCUT2D eigenvalue weighted by atomic mass is 10.1. The molecule has 0 N–H and O–H groups in total. The fourth-order valence-corrected chi connectivity index (χ4v) is 3.85. The Morgan fingerprint density at radius 2 is 1.86 bits per heavy atom. The fraction of sp³-hybridized carbons (Fsp3) is 0.409. The summed E-state index contributed by atoms with van der Waals surface area (Å²) < 4.78 is 7.26. The van der Waals surface area contributed by atoms with E-state index < -0.39 is 0 Å². The van der Waals surface area contributed by atoms with Crippen LogP contribution in [0.5, 0.6) is 0 Å². The monoisotopic (exact) mass is 393 g/mol. The molecule has 7 heteroatoms. The standard InChI is InChI=1S/C22H27N5O2/c1-3-21-20(14-23-27(21)15-18-7-5-4-6-8-18)22(28)26-11-9-25(10-12-26)16-19-13-17(2)24-29-19/h4-8,13-14H,3,9-12,15-16H2,1-2H3. The van der Waals surface area contributed by atoms with Crippen molar-refractivity contribution in [2.45, 2.75) is 33.4 Å². The minimum absolute atomic E-state index is 0.0799. The van der Waals surface area contributed by atoms with E-state index in [0.29, 0.717) is 19.6 Å². The van der Waals surface area contributed by atoms with Crippen LogP contribution in [0.15, 0.2) is 47.1 Å². The summed E-state index contributed by atoms with van der Waals surface area (Å²) in [6.07, 6.45) is 2.51. The van der Waals surface area contributed by atoms with E-state index in [4.69, 9.17) is 4.52 Å². The number of hydrogen-bond acceptors (Lipinski definition) is 5. The van der Waals surface area contributed by atoms with Gasteiger partial charge in [0.15, 0.2) is 5.76 Å². The third kappa shape index (κ3) is 4.40. The summed E-state index contributed by atoms with van der Waals surface area (Å²) in [6, 6.07) is 12.2. The Bertz CT molecular complexity index is 955. The van der Waals surface area contributed by atoms with Crippen LogP contribution in [0.1, 0.15) is 40.0 Å². The Hall–Kier alpha value is -2.93. The van der Waals surface area contributed by atoms with E-state index in [0.717, 1.165) is 48.8 Å². The van der Waals surface area contributed by atoms with Crippen molar-refractivity contribution >= 4 is 5.91 Å². The molecule has 0 aliphatic carbocycles. The van der Waals surface area contributed by atoms with Gasteiger partial charge in [0.1, 0.15) is 0 Å². The molecular formula is C22H27N5O2. The number of carbonyl (C=O) groups is 1. The highest BCUT2D eigenvalue weighted by Gasteiger charge is 2.26. The van der Waals surface area contributed by atoms with Gasteiger partial charge in [0.05, 0.1) is 36.2 Å². The van der Waals surface area contributed by atoms with Gasteiger partial charge >= 0.3 is 0 Å². The van der Waals surface area contributed by atoms with Gasteiger partial charge < -0.3 is 9.42 Å². The number of benzene rings is 1. The van der Waals surface area contributed by atoms with E-state index in [1.807, 2.05) is 40.8 Å². The second-order valence-electron chi connectivity index (χ2n) is 7.50. The molecule has 1 amide bonds. The lowest BCUT2D eigenvalue weighted by Crippen LogP contribution is -2.48. The van der Waals surface area contributed by atoms with Crippen LogP contribution in [0.4, 0.5) is 0 Å². The molecule has 0 atom stereocenters. The molecule has 0 radical (unpaired) electrons. The summed E-state index contributed by atoms with van der Waals surface area (Å²) in [6.45, 7) is 8.48. The molecule has 1 aliphatic rings. The Balaban J connectivity index is 1.39. The van der Waals surface area contributed by atoms with Gasteiger partial charge in [-0.2, -0.15) is 5.10 Å². The molecular weight excluding hydrogens is 366 g/mol. The van der Waals surface area contributed by atoms with Crippen LogP contribution in [0.3, 0.4) is 0 Å². The van der Waals surface area contributed by atoms with Crippen LogP contribution in [0, 0.1) is 6.92 Å². The molecule has 1 aliphatic heterocycles. The van der Waals surface area contributed by atoms with Gasteiger partial charge in [-0.1, -0.05) is 42.4 Å². The molecule has 152 valence electrons. The summed E-state index contributed by atoms with van der Waals surface area (Å²) in [7, 11) is 0. The third-order valence-electron chi connectivity index (χ3n) is 5.40. The zero-order chi connectivity index (χ0) is 20.2. The first-order valence-electron chi connectivity index (χ1n) is 10.2. The van der Waals surface area contributed by atoms with Crippen molar-refractivity contribution in [1.29, 1.82) is 0 Å². The molecule has 3 heterocycles. The lowest BCUT2D eigenvalue weighted by Gasteiger charge is -2.34. The number of aromatic nitrogens is 3. The molecule has 2 aromatic heterocycles. The Labute approximate surface area is 170 Å². The maximum Gasteiger partial charge on any atom is 0.257 e. The van der Waals surface area contributed by atoms with E-state index in [-0.39, 0.29) is 5.91 Å². The molecule has 7 nitrogen and oxygen atoms in total. The number of nitrogens with zero attached hydrogens (tertiary/aromatic N) is 5. The molecule has 0 bridgehead atoms. The summed E-state index contributed by atoms with van der Waals surface area (Å²) in [5.41, 5.74) is 3.80. The van der Waals surface area contributed by atoms with Gasteiger partial charge in [-0.3, -0.25) is 14.4 Å². The summed E-state index contributed by atoms with van der Waals surface area (Å²) in [5.74, 6) is 0.953. The van der Waals surface area contributed by atoms with Gasteiger partial charge in [0.25, 0.3) is 5.91 Å². The first kappa shape index (κ1) is 19.4. The van der Waals surface area contributed by atoms with E-state index in [2.05, 4.69) is 34.2 Å². The maximum atomic E-state index is 13.1. The highest BCUT2D eigenvalue weighted by molar-refractivity contribution is 5.95. The number of piperazine rings is 1. The van der Waals surface area contributed by atoms with E-state index in [9.17, 15) is 4.79 Å². The van der Waals surface area contributed by atoms with Crippen LogP contribution in [-0.4, -0.2) is 56.8 Å². The van der Waals surface area contributed by atoms with Crippen molar-refractivity contribution < 1.29 is 9.32 Å². The van der Waals surface area contributed by atoms with Crippen LogP contribution < -0.4 is 0 Å². The molecule has 1 saturated heterocycles. The van der Waals surface area contributed by atoms with E-state index in [1.54, 1.807) is 6.20 Å². The average Bonchev–Trinajstić information content (AvgIpc) is 3.34. The van der Waals surface area contributed by atoms with Crippen LogP contribution in [-0.2, 0) is 19.5 Å². The predicted octanol–water partition coefficient (Wildman–Crippen LogP) is 2.75. The smallest absolute Gasteiger partial charge is 0.257 e. The first-order chi connectivity index (χ1) is 14.1. The number of amides is 1. The lowest BCUT2D eigenvalue weighted by molar-refractivity contribution is 0.0616. The van der Waals surface area contributed by atoms with Crippen molar-refractivity contribution in [3.05, 3.63) is 70.9 Å². The van der Waals surface area contributed by atoms with Crippen molar-refractivity contribution in [3.63, 3.8) is 0 Å². The Morgan fingerprint density at radius 1 is 1.10 bits per heavy atom. The van der Waals surface area contributed by atoms with Gasteiger partial charge in [0.2, 0.25) is 0 Å². The molecule has 3 aromatic rings. The van der Waals surface area contributed by atoms with Crippen molar-refractivity contribution in [1.82, 2.24) is 24.7 Å². The van der Waals surface area contributed by atoms with Crippen molar-refractivity contribution in [3.8, 4) is 0 Å². The normalized spacial score (nSPS) is 15.0. The zero-order valence-electron chi connectivity index (χ0n) is 17.0. The minimum Gasteiger partial charge on any atom is -0.360 e. The number of hydrogen-bond donors (Lipinski definition) is 0. The molecule has 0 spiro atoms. The Morgan fingerprint density at radius 3 is 2.52 bits per heavy atom. The molecule has 0 saturated carbocycles. The fourth-order valence-electron chi connectivity index (χ4n) is 3.85. The average molecular weight is 393 g/mol. The van der Waals surface area contributed by atoms with E-state index >= 15 is 0 Å². The Kier molecular flexibility index (Phi) is 5.76.